The highest BCUT2D eigenvalue weighted by molar-refractivity contribution is 6.16. The molecule has 0 aliphatic carbocycles. The van der Waals surface area contributed by atoms with Gasteiger partial charge in [0.1, 0.15) is 12.4 Å². The molecule has 1 aromatic carbocycles. The molecule has 0 radical (unpaired) electrons. The Morgan fingerprint density at radius 3 is 2.90 bits per heavy atom. The molecule has 1 saturated heterocycles. The number of fused-ring (bicyclic) bond motifs is 5. The van der Waals surface area contributed by atoms with Crippen LogP contribution < -0.4 is 0 Å². The first-order valence-corrected chi connectivity index (χ1v) is 10.4. The molecule has 0 N–H and O–H groups in total. The van der Waals surface area contributed by atoms with E-state index in [2.05, 4.69) is 11.0 Å². The van der Waals surface area contributed by atoms with Crippen LogP contribution in [0, 0.1) is 19.7 Å². The van der Waals surface area contributed by atoms with E-state index >= 15 is 0 Å². The number of cyclic esters (lactones) is 1. The van der Waals surface area contributed by atoms with Crippen molar-refractivity contribution in [3.63, 3.8) is 0 Å². The minimum absolute atomic E-state index is 0.201. The maximum atomic E-state index is 14.6. The normalized spacial score (nSPS) is 24.8. The summed E-state index contributed by atoms with van der Waals surface area (Å²) in [5.41, 5.74) is 8.46. The molecule has 1 atom stereocenters. The van der Waals surface area contributed by atoms with Gasteiger partial charge in [-0.15, -0.1) is 0 Å². The summed E-state index contributed by atoms with van der Waals surface area (Å²) in [5, 5.41) is 0. The molecule has 1 aromatic rings. The Bertz CT molecular complexity index is 1080. The van der Waals surface area contributed by atoms with Crippen LogP contribution in [-0.4, -0.2) is 49.5 Å². The largest absolute Gasteiger partial charge is 0.459 e. The number of carbonyl (C=O) groups is 1. The summed E-state index contributed by atoms with van der Waals surface area (Å²) in [6.07, 6.45) is 6.33. The molecule has 0 amide bonds. The second-order valence-corrected chi connectivity index (χ2v) is 8.36. The van der Waals surface area contributed by atoms with E-state index in [1.165, 1.54) is 7.11 Å². The number of esters is 1. The number of methoxy groups -OCH3 is 1. The van der Waals surface area contributed by atoms with Gasteiger partial charge in [0.05, 0.1) is 17.1 Å². The third-order valence-electron chi connectivity index (χ3n) is 6.62. The molecule has 6 heteroatoms. The van der Waals surface area contributed by atoms with Gasteiger partial charge in [0.25, 0.3) is 0 Å². The molecule has 0 saturated carbocycles. The van der Waals surface area contributed by atoms with E-state index in [0.717, 1.165) is 70.6 Å². The zero-order chi connectivity index (χ0) is 21.0. The molecule has 1 fully saturated rings. The van der Waals surface area contributed by atoms with E-state index in [9.17, 15) is 9.18 Å². The highest BCUT2D eigenvalue weighted by Gasteiger charge is 2.39. The second-order valence-electron chi connectivity index (χ2n) is 8.36. The molecule has 4 aliphatic heterocycles. The van der Waals surface area contributed by atoms with Crippen LogP contribution in [0.3, 0.4) is 0 Å². The molecule has 156 valence electrons. The van der Waals surface area contributed by atoms with Gasteiger partial charge < -0.3 is 14.4 Å². The maximum Gasteiger partial charge on any atom is 0.340 e. The monoisotopic (exact) mass is 408 g/mol. The van der Waals surface area contributed by atoms with E-state index in [1.54, 1.807) is 6.07 Å². The van der Waals surface area contributed by atoms with E-state index in [-0.39, 0.29) is 11.8 Å². The van der Waals surface area contributed by atoms with Gasteiger partial charge in [-0.05, 0) is 72.6 Å². The minimum atomic E-state index is -0.707. The van der Waals surface area contributed by atoms with Crippen LogP contribution in [0.2, 0.25) is 0 Å². The Morgan fingerprint density at radius 1 is 1.27 bits per heavy atom. The number of rotatable bonds is 1. The minimum Gasteiger partial charge on any atom is -0.459 e. The summed E-state index contributed by atoms with van der Waals surface area (Å²) < 4.78 is 25.4. The van der Waals surface area contributed by atoms with Crippen molar-refractivity contribution >= 4 is 17.4 Å². The Morgan fingerprint density at radius 2 is 2.10 bits per heavy atom. The van der Waals surface area contributed by atoms with Crippen LogP contribution in [0.4, 0.5) is 10.1 Å². The third kappa shape index (κ3) is 2.93. The average molecular weight is 408 g/mol. The Kier molecular flexibility index (Phi) is 4.62. The van der Waals surface area contributed by atoms with Crippen molar-refractivity contribution < 1.29 is 18.7 Å². The first kappa shape index (κ1) is 19.2. The number of halogens is 1. The number of ether oxygens (including phenoxy) is 2. The highest BCUT2D eigenvalue weighted by Crippen LogP contribution is 2.38. The SMILES string of the molecule is CO[C@@H]1C(=O)OCC2=C1C=C1C3=Nc4cc(F)c(C)c(c4C)CCC/C=C/3CN1C2. The van der Waals surface area contributed by atoms with Crippen molar-refractivity contribution in [2.45, 2.75) is 39.2 Å². The van der Waals surface area contributed by atoms with Gasteiger partial charge in [0.2, 0.25) is 0 Å². The van der Waals surface area contributed by atoms with E-state index in [0.29, 0.717) is 18.8 Å². The van der Waals surface area contributed by atoms with Crippen LogP contribution >= 0.6 is 0 Å². The number of hydrogen-bond acceptors (Lipinski definition) is 5. The number of nitrogens with zero attached hydrogens (tertiary/aromatic N) is 2. The topological polar surface area (TPSA) is 51.1 Å². The Hall–Kier alpha value is -2.73. The predicted molar refractivity (Wildman–Crippen MR) is 112 cm³/mol. The molecule has 0 spiro atoms. The van der Waals surface area contributed by atoms with Crippen LogP contribution in [0.25, 0.3) is 0 Å². The molecular weight excluding hydrogens is 383 g/mol. The van der Waals surface area contributed by atoms with Crippen LogP contribution in [0.15, 0.2) is 45.6 Å². The molecule has 5 rings (SSSR count). The number of allylic oxidation sites excluding steroid dienone is 2. The summed E-state index contributed by atoms with van der Waals surface area (Å²) in [6, 6.07) is 1.55. The van der Waals surface area contributed by atoms with Crippen molar-refractivity contribution in [2.75, 3.05) is 26.8 Å². The quantitative estimate of drug-likeness (QED) is 0.662. The second kappa shape index (κ2) is 7.20. The molecule has 30 heavy (non-hydrogen) atoms. The van der Waals surface area contributed by atoms with Crippen LogP contribution in [0.5, 0.6) is 0 Å². The average Bonchev–Trinajstić information content (AvgIpc) is 3.06. The Labute approximate surface area is 175 Å². The maximum absolute atomic E-state index is 14.6. The highest BCUT2D eigenvalue weighted by atomic mass is 19.1. The lowest BCUT2D eigenvalue weighted by Crippen LogP contribution is -2.39. The van der Waals surface area contributed by atoms with Gasteiger partial charge in [0, 0.05) is 26.3 Å². The number of aliphatic imine (C=N–C) groups is 1. The molecule has 0 unspecified atom stereocenters. The van der Waals surface area contributed by atoms with Gasteiger partial charge in [-0.3, -0.25) is 0 Å². The first-order chi connectivity index (χ1) is 14.5. The van der Waals surface area contributed by atoms with E-state index in [4.69, 9.17) is 14.5 Å². The van der Waals surface area contributed by atoms with Crippen LogP contribution in [-0.2, 0) is 20.7 Å². The smallest absolute Gasteiger partial charge is 0.340 e. The number of carbonyl (C=O) groups excluding carboxylic acids is 1. The molecule has 0 aromatic heterocycles. The number of benzene rings is 1. The van der Waals surface area contributed by atoms with Gasteiger partial charge in [0.15, 0.2) is 6.10 Å². The zero-order valence-corrected chi connectivity index (χ0v) is 17.5. The first-order valence-electron chi connectivity index (χ1n) is 10.4. The summed E-state index contributed by atoms with van der Waals surface area (Å²) in [7, 11) is 1.52. The van der Waals surface area contributed by atoms with Crippen molar-refractivity contribution in [3.05, 3.63) is 63.1 Å². The lowest BCUT2D eigenvalue weighted by Gasteiger charge is -2.33. The summed E-state index contributed by atoms with van der Waals surface area (Å²) >= 11 is 0. The van der Waals surface area contributed by atoms with Crippen LogP contribution in [0.1, 0.15) is 29.5 Å². The standard InChI is InChI=1S/C24H25FN2O3/c1-13-17-7-5-4-6-15-10-27-11-16-12-30-24(28)23(29-3)18(16)8-21(27)22(15)26-20(14(17)2)9-19(13)25/h6,8-9,23H,4-5,7,10-12H2,1-3H3/b15-6+,26-22?/t23-/m0/s1. The predicted octanol–water partition coefficient (Wildman–Crippen LogP) is 3.86. The van der Waals surface area contributed by atoms with Gasteiger partial charge in [-0.2, -0.15) is 0 Å². The van der Waals surface area contributed by atoms with Crippen molar-refractivity contribution in [2.24, 2.45) is 4.99 Å². The lowest BCUT2D eigenvalue weighted by atomic mass is 9.93. The van der Waals surface area contributed by atoms with Crippen molar-refractivity contribution in [1.29, 1.82) is 0 Å². The van der Waals surface area contributed by atoms with Crippen molar-refractivity contribution in [3.8, 4) is 0 Å². The van der Waals surface area contributed by atoms with Crippen molar-refractivity contribution in [1.82, 2.24) is 4.90 Å². The van der Waals surface area contributed by atoms with E-state index < -0.39 is 6.10 Å². The molecule has 2 bridgehead atoms. The molecule has 4 heterocycles. The summed E-state index contributed by atoms with van der Waals surface area (Å²) in [4.78, 5) is 19.4. The fourth-order valence-corrected chi connectivity index (χ4v) is 4.90. The number of hydrogen-bond donors (Lipinski definition) is 0. The molecule has 5 nitrogen and oxygen atoms in total. The lowest BCUT2D eigenvalue weighted by molar-refractivity contribution is -0.153. The van der Waals surface area contributed by atoms with Gasteiger partial charge in [-0.1, -0.05) is 6.08 Å². The fraction of sp³-hybridized carbons (Fsp3) is 0.417. The Balaban J connectivity index is 1.67. The zero-order valence-electron chi connectivity index (χ0n) is 17.5. The fourth-order valence-electron chi connectivity index (χ4n) is 4.90. The summed E-state index contributed by atoms with van der Waals surface area (Å²) in [5.74, 6) is -0.558. The molecule has 4 aliphatic rings. The summed E-state index contributed by atoms with van der Waals surface area (Å²) in [6.45, 7) is 5.62. The third-order valence-corrected chi connectivity index (χ3v) is 6.62. The molecular formula is C24H25FN2O3. The van der Waals surface area contributed by atoms with E-state index in [1.807, 2.05) is 19.9 Å². The van der Waals surface area contributed by atoms with Gasteiger partial charge in [-0.25, -0.2) is 14.2 Å². The van der Waals surface area contributed by atoms with Gasteiger partial charge >= 0.3 is 5.97 Å².